The SMILES string of the molecule is CCC1(C)C(O)CCC2(C)C1CCC1(C)C2CCC23OCC4(C(O)CC12)C(O)CC(C)(C)CC34. The van der Waals surface area contributed by atoms with Crippen LogP contribution in [0, 0.1) is 50.7 Å². The zero-order chi connectivity index (χ0) is 24.5. The first-order valence-electron chi connectivity index (χ1n) is 14.5. The number of aliphatic hydroxyl groups is 3. The number of fused-ring (bicyclic) bond motifs is 4. The Morgan fingerprint density at radius 1 is 0.706 bits per heavy atom. The van der Waals surface area contributed by atoms with Gasteiger partial charge < -0.3 is 20.1 Å². The smallest absolute Gasteiger partial charge is 0.0753 e. The van der Waals surface area contributed by atoms with E-state index in [1.807, 2.05) is 0 Å². The van der Waals surface area contributed by atoms with Crippen molar-refractivity contribution in [1.29, 1.82) is 0 Å². The second kappa shape index (κ2) is 7.03. The maximum Gasteiger partial charge on any atom is 0.0753 e. The predicted octanol–water partition coefficient (Wildman–Crippen LogP) is 5.32. The van der Waals surface area contributed by atoms with Crippen LogP contribution in [-0.4, -0.2) is 45.8 Å². The standard InChI is InChI=1S/C30H50O4/c1-7-26(4)18-8-11-28(6)19(27(18,5)12-10-22(26)31)9-13-30-20(28)14-23(32)29(17-34-30)21(30)15-25(2,3)16-24(29)33/h18-24,31-33H,7-17H2,1-6H3. The summed E-state index contributed by atoms with van der Waals surface area (Å²) in [5.74, 6) is 1.78. The first-order valence-corrected chi connectivity index (χ1v) is 14.5. The Labute approximate surface area is 207 Å². The second-order valence-electron chi connectivity index (χ2n) is 15.4. The molecule has 0 aromatic rings. The van der Waals surface area contributed by atoms with Crippen LogP contribution >= 0.6 is 0 Å². The van der Waals surface area contributed by atoms with E-state index in [1.54, 1.807) is 0 Å². The van der Waals surface area contributed by atoms with E-state index >= 15 is 0 Å². The van der Waals surface area contributed by atoms with Crippen molar-refractivity contribution >= 4 is 0 Å². The molecule has 1 heterocycles. The number of hydrogen-bond donors (Lipinski definition) is 3. The maximum absolute atomic E-state index is 11.7. The fraction of sp³-hybridized carbons (Fsp3) is 1.00. The highest BCUT2D eigenvalue weighted by molar-refractivity contribution is 5.25. The lowest BCUT2D eigenvalue weighted by Gasteiger charge is -2.71. The van der Waals surface area contributed by atoms with Gasteiger partial charge in [0.25, 0.3) is 0 Å². The van der Waals surface area contributed by atoms with E-state index in [4.69, 9.17) is 4.74 Å². The third-order valence-electron chi connectivity index (χ3n) is 13.9. The van der Waals surface area contributed by atoms with E-state index < -0.39 is 17.6 Å². The third-order valence-corrected chi connectivity index (χ3v) is 13.9. The van der Waals surface area contributed by atoms with Gasteiger partial charge >= 0.3 is 0 Å². The van der Waals surface area contributed by atoms with Crippen LogP contribution in [0.25, 0.3) is 0 Å². The van der Waals surface area contributed by atoms with Crippen LogP contribution in [-0.2, 0) is 4.74 Å². The van der Waals surface area contributed by atoms with Crippen LogP contribution in [0.15, 0.2) is 0 Å². The van der Waals surface area contributed by atoms with E-state index in [1.165, 1.54) is 19.3 Å². The Morgan fingerprint density at radius 2 is 1.35 bits per heavy atom. The van der Waals surface area contributed by atoms with Crippen molar-refractivity contribution in [3.63, 3.8) is 0 Å². The zero-order valence-electron chi connectivity index (χ0n) is 22.6. The van der Waals surface area contributed by atoms with Crippen molar-refractivity contribution in [2.75, 3.05) is 6.61 Å². The van der Waals surface area contributed by atoms with Crippen LogP contribution in [0.3, 0.4) is 0 Å². The van der Waals surface area contributed by atoms with Crippen LogP contribution in [0.1, 0.15) is 106 Å². The fourth-order valence-electron chi connectivity index (χ4n) is 12.1. The number of hydrogen-bond acceptors (Lipinski definition) is 4. The average molecular weight is 475 g/mol. The van der Waals surface area contributed by atoms with E-state index in [2.05, 4.69) is 41.5 Å². The summed E-state index contributed by atoms with van der Waals surface area (Å²) in [6.07, 6.45) is 9.19. The Bertz CT molecular complexity index is 857. The van der Waals surface area contributed by atoms with Gasteiger partial charge in [-0.15, -0.1) is 0 Å². The zero-order valence-corrected chi connectivity index (χ0v) is 22.6. The summed E-state index contributed by atoms with van der Waals surface area (Å²) in [5.41, 5.74) is -0.182. The van der Waals surface area contributed by atoms with E-state index in [-0.39, 0.29) is 39.3 Å². The summed E-state index contributed by atoms with van der Waals surface area (Å²) >= 11 is 0. The van der Waals surface area contributed by atoms with Crippen molar-refractivity contribution in [2.24, 2.45) is 50.7 Å². The van der Waals surface area contributed by atoms with Crippen molar-refractivity contribution < 1.29 is 20.1 Å². The molecule has 0 aromatic heterocycles. The van der Waals surface area contributed by atoms with Gasteiger partial charge in [-0.25, -0.2) is 0 Å². The van der Waals surface area contributed by atoms with Crippen molar-refractivity contribution in [3.05, 3.63) is 0 Å². The van der Waals surface area contributed by atoms with Gasteiger partial charge in [-0.1, -0.05) is 41.5 Å². The Morgan fingerprint density at radius 3 is 2.06 bits per heavy atom. The van der Waals surface area contributed by atoms with Crippen LogP contribution in [0.2, 0.25) is 0 Å². The molecule has 0 radical (unpaired) electrons. The largest absolute Gasteiger partial charge is 0.393 e. The third kappa shape index (κ3) is 2.60. The Balaban J connectivity index is 1.41. The minimum atomic E-state index is -0.473. The molecule has 0 amide bonds. The molecule has 3 N–H and O–H groups in total. The van der Waals surface area contributed by atoms with E-state index in [0.717, 1.165) is 44.9 Å². The summed E-state index contributed by atoms with van der Waals surface area (Å²) < 4.78 is 6.94. The average Bonchev–Trinajstić information content (AvgIpc) is 3.00. The Kier molecular flexibility index (Phi) is 5.00. The molecule has 194 valence electrons. The molecule has 1 aliphatic heterocycles. The predicted molar refractivity (Wildman–Crippen MR) is 133 cm³/mol. The quantitative estimate of drug-likeness (QED) is 0.481. The molecule has 2 bridgehead atoms. The maximum atomic E-state index is 11.7. The first-order chi connectivity index (χ1) is 15.8. The minimum absolute atomic E-state index is 0.00601. The molecule has 4 nitrogen and oxygen atoms in total. The fourth-order valence-corrected chi connectivity index (χ4v) is 12.1. The highest BCUT2D eigenvalue weighted by Crippen LogP contribution is 2.76. The molecule has 5 saturated carbocycles. The lowest BCUT2D eigenvalue weighted by atomic mass is 9.34. The molecule has 1 saturated heterocycles. The Hall–Kier alpha value is -0.160. The lowest BCUT2D eigenvalue weighted by molar-refractivity contribution is -0.266. The summed E-state index contributed by atoms with van der Waals surface area (Å²) in [4.78, 5) is 0. The van der Waals surface area contributed by atoms with Gasteiger partial charge in [-0.3, -0.25) is 0 Å². The number of aliphatic hydroxyl groups excluding tert-OH is 3. The van der Waals surface area contributed by atoms with Crippen molar-refractivity contribution in [1.82, 2.24) is 0 Å². The molecule has 6 aliphatic rings. The van der Waals surface area contributed by atoms with Gasteiger partial charge in [0.05, 0.1) is 35.9 Å². The molecule has 12 unspecified atom stereocenters. The molecule has 6 rings (SSSR count). The summed E-state index contributed by atoms with van der Waals surface area (Å²) in [6.45, 7) is 14.9. The highest BCUT2D eigenvalue weighted by atomic mass is 16.5. The van der Waals surface area contributed by atoms with Crippen LogP contribution in [0.5, 0.6) is 0 Å². The van der Waals surface area contributed by atoms with Gasteiger partial charge in [0, 0.05) is 5.92 Å². The minimum Gasteiger partial charge on any atom is -0.393 e. The summed E-state index contributed by atoms with van der Waals surface area (Å²) in [5, 5.41) is 34.2. The summed E-state index contributed by atoms with van der Waals surface area (Å²) in [6, 6.07) is 0. The van der Waals surface area contributed by atoms with Gasteiger partial charge in [0.1, 0.15) is 0 Å². The molecule has 34 heavy (non-hydrogen) atoms. The van der Waals surface area contributed by atoms with E-state index in [0.29, 0.717) is 24.4 Å². The molecule has 5 aliphatic carbocycles. The monoisotopic (exact) mass is 474 g/mol. The summed E-state index contributed by atoms with van der Waals surface area (Å²) in [7, 11) is 0. The van der Waals surface area contributed by atoms with Crippen LogP contribution in [0.4, 0.5) is 0 Å². The van der Waals surface area contributed by atoms with Gasteiger partial charge in [0.15, 0.2) is 0 Å². The number of rotatable bonds is 1. The van der Waals surface area contributed by atoms with Crippen molar-refractivity contribution in [3.8, 4) is 0 Å². The molecular formula is C30H50O4. The topological polar surface area (TPSA) is 69.9 Å². The molecule has 4 heteroatoms. The lowest BCUT2D eigenvalue weighted by Crippen LogP contribution is -2.71. The highest BCUT2D eigenvalue weighted by Gasteiger charge is 2.77. The molecule has 6 fully saturated rings. The van der Waals surface area contributed by atoms with Crippen molar-refractivity contribution in [2.45, 2.75) is 130 Å². The molecule has 1 spiro atoms. The van der Waals surface area contributed by atoms with Gasteiger partial charge in [-0.05, 0) is 104 Å². The number of ether oxygens (including phenoxy) is 1. The van der Waals surface area contributed by atoms with E-state index in [9.17, 15) is 15.3 Å². The van der Waals surface area contributed by atoms with Gasteiger partial charge in [0.2, 0.25) is 0 Å². The molecule has 12 atom stereocenters. The molecular weight excluding hydrogens is 424 g/mol. The van der Waals surface area contributed by atoms with Crippen LogP contribution < -0.4 is 0 Å². The van der Waals surface area contributed by atoms with Gasteiger partial charge in [-0.2, -0.15) is 0 Å². The second-order valence-corrected chi connectivity index (χ2v) is 15.4. The normalized spacial score (nSPS) is 62.2. The molecule has 0 aromatic carbocycles. The first kappa shape index (κ1) is 24.2.